The van der Waals surface area contributed by atoms with Gasteiger partial charge in [-0.1, -0.05) is 24.6 Å². The molecule has 1 aliphatic rings. The number of amides is 2. The first-order chi connectivity index (χ1) is 9.96. The quantitative estimate of drug-likeness (QED) is 0.930. The molecule has 4 nitrogen and oxygen atoms in total. The van der Waals surface area contributed by atoms with E-state index in [1.807, 2.05) is 13.8 Å². The number of carbonyl (C=O) groups is 2. The SMILES string of the molecule is CCCNC(=O)C1(C)CCN(C(=O)c2cccc(Cl)c2)C1. The van der Waals surface area contributed by atoms with Crippen LogP contribution >= 0.6 is 11.6 Å². The Kier molecular flexibility index (Phi) is 4.88. The molecule has 2 amide bonds. The molecule has 1 fully saturated rings. The first kappa shape index (κ1) is 15.8. The zero-order valence-corrected chi connectivity index (χ0v) is 13.2. The predicted octanol–water partition coefficient (Wildman–Crippen LogP) is 2.72. The number of benzene rings is 1. The van der Waals surface area contributed by atoms with Gasteiger partial charge in [-0.3, -0.25) is 9.59 Å². The molecule has 1 N–H and O–H groups in total. The first-order valence-electron chi connectivity index (χ1n) is 7.29. The number of hydrogen-bond donors (Lipinski definition) is 1. The van der Waals surface area contributed by atoms with Crippen molar-refractivity contribution in [2.75, 3.05) is 19.6 Å². The van der Waals surface area contributed by atoms with Gasteiger partial charge in [-0.05, 0) is 38.0 Å². The summed E-state index contributed by atoms with van der Waals surface area (Å²) in [5.41, 5.74) is 0.0735. The molecular formula is C16H21ClN2O2. The van der Waals surface area contributed by atoms with E-state index in [9.17, 15) is 9.59 Å². The number of hydrogen-bond acceptors (Lipinski definition) is 2. The average molecular weight is 309 g/mol. The Morgan fingerprint density at radius 1 is 1.43 bits per heavy atom. The van der Waals surface area contributed by atoms with Crippen molar-refractivity contribution in [3.05, 3.63) is 34.9 Å². The highest BCUT2D eigenvalue weighted by Crippen LogP contribution is 2.31. The van der Waals surface area contributed by atoms with Crippen LogP contribution in [0.5, 0.6) is 0 Å². The normalized spacial score (nSPS) is 21.4. The van der Waals surface area contributed by atoms with Crippen LogP contribution < -0.4 is 5.32 Å². The number of rotatable bonds is 4. The van der Waals surface area contributed by atoms with Gasteiger partial charge < -0.3 is 10.2 Å². The van der Waals surface area contributed by atoms with E-state index in [1.165, 1.54) is 0 Å². The Bertz CT molecular complexity index is 547. The number of nitrogens with one attached hydrogen (secondary N) is 1. The van der Waals surface area contributed by atoms with Gasteiger partial charge in [0.1, 0.15) is 0 Å². The molecule has 0 bridgehead atoms. The molecule has 2 rings (SSSR count). The Balaban J connectivity index is 2.04. The van der Waals surface area contributed by atoms with Crippen molar-refractivity contribution in [3.8, 4) is 0 Å². The lowest BCUT2D eigenvalue weighted by Gasteiger charge is -2.23. The van der Waals surface area contributed by atoms with Gasteiger partial charge in [-0.25, -0.2) is 0 Å². The van der Waals surface area contributed by atoms with Crippen LogP contribution in [-0.2, 0) is 4.79 Å². The van der Waals surface area contributed by atoms with Crippen LogP contribution in [0.15, 0.2) is 24.3 Å². The van der Waals surface area contributed by atoms with Crippen molar-refractivity contribution in [2.24, 2.45) is 5.41 Å². The molecule has 0 aromatic heterocycles. The largest absolute Gasteiger partial charge is 0.356 e. The molecule has 5 heteroatoms. The number of likely N-dealkylation sites (tertiary alicyclic amines) is 1. The lowest BCUT2D eigenvalue weighted by Crippen LogP contribution is -2.42. The van der Waals surface area contributed by atoms with Crippen LogP contribution in [0.2, 0.25) is 5.02 Å². The molecule has 1 aromatic rings. The summed E-state index contributed by atoms with van der Waals surface area (Å²) < 4.78 is 0. The summed E-state index contributed by atoms with van der Waals surface area (Å²) in [6, 6.07) is 6.92. The van der Waals surface area contributed by atoms with Gasteiger partial charge in [0.25, 0.3) is 5.91 Å². The van der Waals surface area contributed by atoms with Gasteiger partial charge >= 0.3 is 0 Å². The Morgan fingerprint density at radius 2 is 2.19 bits per heavy atom. The molecule has 1 aliphatic heterocycles. The summed E-state index contributed by atoms with van der Waals surface area (Å²) in [5, 5.41) is 3.47. The minimum atomic E-state index is -0.497. The minimum absolute atomic E-state index is 0.0331. The molecule has 114 valence electrons. The molecule has 0 radical (unpaired) electrons. The maximum absolute atomic E-state index is 12.5. The average Bonchev–Trinajstić information content (AvgIpc) is 2.88. The summed E-state index contributed by atoms with van der Waals surface area (Å²) in [4.78, 5) is 26.4. The van der Waals surface area contributed by atoms with E-state index < -0.39 is 5.41 Å². The molecule has 1 atom stereocenters. The molecule has 21 heavy (non-hydrogen) atoms. The minimum Gasteiger partial charge on any atom is -0.356 e. The Morgan fingerprint density at radius 3 is 2.86 bits per heavy atom. The van der Waals surface area contributed by atoms with Gasteiger partial charge in [0.2, 0.25) is 5.91 Å². The zero-order valence-electron chi connectivity index (χ0n) is 12.5. The van der Waals surface area contributed by atoms with Crippen LogP contribution in [-0.4, -0.2) is 36.3 Å². The van der Waals surface area contributed by atoms with E-state index in [1.54, 1.807) is 29.2 Å². The highest BCUT2D eigenvalue weighted by atomic mass is 35.5. The molecular weight excluding hydrogens is 288 g/mol. The lowest BCUT2D eigenvalue weighted by molar-refractivity contribution is -0.129. The highest BCUT2D eigenvalue weighted by molar-refractivity contribution is 6.30. The summed E-state index contributed by atoms with van der Waals surface area (Å²) >= 11 is 5.92. The molecule has 1 saturated heterocycles. The summed E-state index contributed by atoms with van der Waals surface area (Å²) in [6.45, 7) is 5.67. The van der Waals surface area contributed by atoms with Crippen LogP contribution in [0.25, 0.3) is 0 Å². The van der Waals surface area contributed by atoms with Crippen molar-refractivity contribution in [1.82, 2.24) is 10.2 Å². The maximum atomic E-state index is 12.5. The van der Waals surface area contributed by atoms with Crippen LogP contribution in [0.4, 0.5) is 0 Å². The second kappa shape index (κ2) is 6.48. The van der Waals surface area contributed by atoms with E-state index >= 15 is 0 Å². The van der Waals surface area contributed by atoms with E-state index in [-0.39, 0.29) is 11.8 Å². The van der Waals surface area contributed by atoms with Crippen molar-refractivity contribution >= 4 is 23.4 Å². The number of nitrogens with zero attached hydrogens (tertiary/aromatic N) is 1. The van der Waals surface area contributed by atoms with Crippen LogP contribution in [0.3, 0.4) is 0 Å². The topological polar surface area (TPSA) is 49.4 Å². The second-order valence-electron chi connectivity index (χ2n) is 5.80. The molecule has 1 aromatic carbocycles. The Hall–Kier alpha value is -1.55. The molecule has 0 aliphatic carbocycles. The lowest BCUT2D eigenvalue weighted by atomic mass is 9.88. The van der Waals surface area contributed by atoms with Crippen molar-refractivity contribution in [3.63, 3.8) is 0 Å². The van der Waals surface area contributed by atoms with Gasteiger partial charge in [0, 0.05) is 30.2 Å². The zero-order chi connectivity index (χ0) is 15.5. The third-order valence-corrected chi connectivity index (χ3v) is 4.15. The van der Waals surface area contributed by atoms with Crippen molar-refractivity contribution < 1.29 is 9.59 Å². The van der Waals surface area contributed by atoms with Gasteiger partial charge in [-0.2, -0.15) is 0 Å². The first-order valence-corrected chi connectivity index (χ1v) is 7.67. The standard InChI is InChI=1S/C16H21ClN2O2/c1-3-8-18-15(21)16(2)7-9-19(11-16)14(20)12-5-4-6-13(17)10-12/h4-6,10H,3,7-9,11H2,1-2H3,(H,18,21). The summed E-state index contributed by atoms with van der Waals surface area (Å²) in [7, 11) is 0. The molecule has 0 spiro atoms. The van der Waals surface area contributed by atoms with Crippen molar-refractivity contribution in [2.45, 2.75) is 26.7 Å². The second-order valence-corrected chi connectivity index (χ2v) is 6.24. The summed E-state index contributed by atoms with van der Waals surface area (Å²) in [5.74, 6) is -0.0322. The fourth-order valence-corrected chi connectivity index (χ4v) is 2.77. The maximum Gasteiger partial charge on any atom is 0.253 e. The van der Waals surface area contributed by atoms with E-state index in [0.29, 0.717) is 36.6 Å². The van der Waals surface area contributed by atoms with Gasteiger partial charge in [-0.15, -0.1) is 0 Å². The third kappa shape index (κ3) is 3.56. The Labute approximate surface area is 130 Å². The third-order valence-electron chi connectivity index (χ3n) is 3.92. The highest BCUT2D eigenvalue weighted by Gasteiger charge is 2.41. The molecule has 1 unspecified atom stereocenters. The fraction of sp³-hybridized carbons (Fsp3) is 0.500. The van der Waals surface area contributed by atoms with E-state index in [2.05, 4.69) is 5.32 Å². The van der Waals surface area contributed by atoms with Gasteiger partial charge in [0.15, 0.2) is 0 Å². The molecule has 0 saturated carbocycles. The van der Waals surface area contributed by atoms with E-state index in [4.69, 9.17) is 11.6 Å². The fourth-order valence-electron chi connectivity index (χ4n) is 2.58. The van der Waals surface area contributed by atoms with Gasteiger partial charge in [0.05, 0.1) is 5.41 Å². The van der Waals surface area contributed by atoms with Crippen LogP contribution in [0.1, 0.15) is 37.0 Å². The van der Waals surface area contributed by atoms with Crippen molar-refractivity contribution in [1.29, 1.82) is 0 Å². The van der Waals surface area contributed by atoms with Crippen LogP contribution in [0, 0.1) is 5.41 Å². The smallest absolute Gasteiger partial charge is 0.253 e. The predicted molar refractivity (Wildman–Crippen MR) is 83.4 cm³/mol. The summed E-state index contributed by atoms with van der Waals surface area (Å²) in [6.07, 6.45) is 1.60. The monoisotopic (exact) mass is 308 g/mol. The number of carbonyl (C=O) groups excluding carboxylic acids is 2. The van der Waals surface area contributed by atoms with E-state index in [0.717, 1.165) is 6.42 Å². The number of halogens is 1. The molecule has 1 heterocycles.